The lowest BCUT2D eigenvalue weighted by atomic mass is 10.0. The Kier molecular flexibility index (Phi) is 52.0. The minimum Gasteiger partial charge on any atom is -0.390 e. The smallest absolute Gasteiger partial charge is 0.390 e. The van der Waals surface area contributed by atoms with Crippen molar-refractivity contribution in [1.82, 2.24) is 5.32 Å². The summed E-state index contributed by atoms with van der Waals surface area (Å²) >= 11 is 0. The summed E-state index contributed by atoms with van der Waals surface area (Å²) in [7, 11) is 1.40. The van der Waals surface area contributed by atoms with Gasteiger partial charge in [-0.25, -0.2) is 4.57 Å². The Morgan fingerprint density at radius 3 is 1.23 bits per heavy atom. The molecule has 430 valence electrons. The maximum absolute atomic E-state index is 13.0. The van der Waals surface area contributed by atoms with Crippen molar-refractivity contribution in [3.63, 3.8) is 0 Å². The molecule has 0 radical (unpaired) electrons. The van der Waals surface area contributed by atoms with Crippen molar-refractivity contribution in [2.24, 2.45) is 0 Å². The molecule has 0 aliphatic heterocycles. The minimum atomic E-state index is -4.44. The van der Waals surface area contributed by atoms with Crippen molar-refractivity contribution in [1.29, 1.82) is 0 Å². The maximum Gasteiger partial charge on any atom is 0.472 e. The fraction of sp³-hybridized carbons (Fsp3) is 0.677. The number of carbonyl (C=O) groups excluding carboxylic acids is 1. The van der Waals surface area contributed by atoms with Crippen LogP contribution in [0.5, 0.6) is 0 Å². The number of amides is 1. The molecule has 9 nitrogen and oxygen atoms in total. The van der Waals surface area contributed by atoms with Gasteiger partial charge in [-0.3, -0.25) is 13.8 Å². The predicted molar refractivity (Wildman–Crippen MR) is 324 cm³/mol. The van der Waals surface area contributed by atoms with Gasteiger partial charge in [-0.1, -0.05) is 232 Å². The number of rotatable bonds is 53. The Labute approximate surface area is 461 Å². The lowest BCUT2D eigenvalue weighted by Gasteiger charge is -2.28. The van der Waals surface area contributed by atoms with Gasteiger partial charge in [0.15, 0.2) is 0 Å². The highest BCUT2D eigenvalue weighted by Gasteiger charge is 2.31. The second-order valence-electron chi connectivity index (χ2n) is 21.1. The van der Waals surface area contributed by atoms with Crippen LogP contribution in [0.25, 0.3) is 0 Å². The van der Waals surface area contributed by atoms with Crippen LogP contribution in [-0.2, 0) is 18.4 Å². The number of allylic oxidation sites excluding steroid dienone is 20. The fourth-order valence-corrected chi connectivity index (χ4v) is 8.81. The van der Waals surface area contributed by atoms with Gasteiger partial charge < -0.3 is 24.9 Å². The third-order valence-corrected chi connectivity index (χ3v) is 13.8. The summed E-state index contributed by atoms with van der Waals surface area (Å²) in [4.78, 5) is 23.3. The van der Waals surface area contributed by atoms with Crippen molar-refractivity contribution < 1.29 is 38.0 Å². The van der Waals surface area contributed by atoms with Gasteiger partial charge in [0.05, 0.1) is 39.9 Å². The van der Waals surface area contributed by atoms with Crippen LogP contribution in [0.4, 0.5) is 0 Å². The Hall–Kier alpha value is -3.14. The molecule has 0 saturated heterocycles. The van der Waals surface area contributed by atoms with Crippen LogP contribution in [0.1, 0.15) is 226 Å². The third-order valence-electron chi connectivity index (χ3n) is 12.8. The van der Waals surface area contributed by atoms with E-state index in [1.807, 2.05) is 21.1 Å². The molecule has 4 unspecified atom stereocenters. The van der Waals surface area contributed by atoms with Crippen LogP contribution >= 0.6 is 7.82 Å². The van der Waals surface area contributed by atoms with Gasteiger partial charge in [0, 0.05) is 6.42 Å². The van der Waals surface area contributed by atoms with Gasteiger partial charge in [-0.15, -0.1) is 0 Å². The molecule has 0 rings (SSSR count). The molecule has 0 aliphatic carbocycles. The monoisotopic (exact) mass is 1070 g/mol. The van der Waals surface area contributed by atoms with E-state index in [0.717, 1.165) is 96.3 Å². The van der Waals surface area contributed by atoms with E-state index < -0.39 is 32.7 Å². The highest BCUT2D eigenvalue weighted by Crippen LogP contribution is 2.43. The summed E-state index contributed by atoms with van der Waals surface area (Å²) in [5.41, 5.74) is 0. The van der Waals surface area contributed by atoms with E-state index in [2.05, 4.69) is 141 Å². The summed E-state index contributed by atoms with van der Waals surface area (Å²) in [6.45, 7) is 4.45. The molecule has 10 heteroatoms. The summed E-state index contributed by atoms with van der Waals surface area (Å²) in [5, 5.41) is 24.8. The molecule has 4 atom stereocenters. The van der Waals surface area contributed by atoms with Gasteiger partial charge in [0.1, 0.15) is 19.3 Å². The number of quaternary nitrogens is 1. The van der Waals surface area contributed by atoms with E-state index in [4.69, 9.17) is 9.05 Å². The molecule has 4 N–H and O–H groups in total. The first-order valence-corrected chi connectivity index (χ1v) is 31.5. The molecule has 1 amide bonds. The number of phosphoric ester groups is 1. The molecule has 0 saturated carbocycles. The number of aliphatic hydroxyl groups is 2. The van der Waals surface area contributed by atoms with E-state index in [9.17, 15) is 24.5 Å². The van der Waals surface area contributed by atoms with Gasteiger partial charge in [-0.2, -0.15) is 0 Å². The third kappa shape index (κ3) is 55.4. The quantitative estimate of drug-likeness (QED) is 0.0207. The summed E-state index contributed by atoms with van der Waals surface area (Å²) in [6.07, 6.45) is 77.3. The SMILES string of the molecule is CC/C=C\C/C=C\C/C=C\C/C=C\C/C=C\C/C=C\C/C=C\C/C=C\C/C=C\CCCCCCCCCCCCCC(=O)NC(COP(=O)(O)OCC[N+](C)(C)C)C(O)C(O)CCC/C=C/CCCCCCCCC. The molecule has 0 bridgehead atoms. The van der Waals surface area contributed by atoms with E-state index >= 15 is 0 Å². The Morgan fingerprint density at radius 2 is 0.827 bits per heavy atom. The van der Waals surface area contributed by atoms with Gasteiger partial charge in [0.25, 0.3) is 0 Å². The van der Waals surface area contributed by atoms with Crippen LogP contribution in [0.15, 0.2) is 122 Å². The molecule has 0 spiro atoms. The normalized spacial score (nSPS) is 15.1. The summed E-state index contributed by atoms with van der Waals surface area (Å²) in [5.74, 6) is -0.276. The average molecular weight is 1070 g/mol. The highest BCUT2D eigenvalue weighted by atomic mass is 31.2. The number of nitrogens with zero attached hydrogens (tertiary/aromatic N) is 1. The van der Waals surface area contributed by atoms with Crippen LogP contribution in [0.2, 0.25) is 0 Å². The maximum atomic E-state index is 13.0. The highest BCUT2D eigenvalue weighted by molar-refractivity contribution is 7.47. The van der Waals surface area contributed by atoms with E-state index in [-0.39, 0.29) is 18.9 Å². The van der Waals surface area contributed by atoms with E-state index in [1.165, 1.54) is 89.9 Å². The Bertz CT molecular complexity index is 1650. The van der Waals surface area contributed by atoms with E-state index in [1.54, 1.807) is 0 Å². The fourth-order valence-electron chi connectivity index (χ4n) is 8.08. The summed E-state index contributed by atoms with van der Waals surface area (Å²) in [6, 6.07) is -1.06. The molecule has 0 aromatic rings. The van der Waals surface area contributed by atoms with Crippen molar-refractivity contribution in [2.75, 3.05) is 40.9 Å². The molecule has 75 heavy (non-hydrogen) atoms. The molecule has 0 aliphatic rings. The number of hydrogen-bond acceptors (Lipinski definition) is 6. The topological polar surface area (TPSA) is 125 Å². The zero-order valence-electron chi connectivity index (χ0n) is 48.6. The molecular formula is C65H114N2O7P+. The number of unbranched alkanes of at least 4 members (excludes halogenated alkanes) is 19. The zero-order valence-corrected chi connectivity index (χ0v) is 49.5. The molecule has 0 heterocycles. The zero-order chi connectivity index (χ0) is 55.0. The first kappa shape index (κ1) is 71.9. The Morgan fingerprint density at radius 1 is 0.480 bits per heavy atom. The standard InChI is InChI=1S/C65H113N2O7P/c1-6-8-10-12-14-16-18-20-21-22-23-24-25-26-27-28-29-30-31-32-33-34-35-36-37-38-39-40-41-42-43-44-45-46-48-50-52-54-56-58-64(69)66-62(61-74-75(71,72)73-60-59-67(3,4)5)65(70)63(68)57-55-53-51-49-47-19-17-15-13-11-9-7-2/h8,10,14,16,20-21,23-24,26-27,29-30,32-33,35-36,38-39,49,51,62-63,65,68,70H,6-7,9,11-13,15,17-19,22,25,28,31,34,37,40-48,50,52-61H2,1-5H3,(H-,66,69,71,72)/p+1/b10-8-,16-14-,21-20-,24-23-,27-26-,30-29-,33-32-,36-35-,39-38-,51-49+. The lowest BCUT2D eigenvalue weighted by molar-refractivity contribution is -0.870. The van der Waals surface area contributed by atoms with Crippen molar-refractivity contribution in [2.45, 2.75) is 244 Å². The van der Waals surface area contributed by atoms with Crippen LogP contribution < -0.4 is 5.32 Å². The Balaban J connectivity index is 4.14. The average Bonchev–Trinajstić information content (AvgIpc) is 3.37. The number of phosphoric acid groups is 1. The number of aliphatic hydroxyl groups excluding tert-OH is 2. The number of likely N-dealkylation sites (N-methyl/N-ethyl adjacent to an activating group) is 1. The van der Waals surface area contributed by atoms with Gasteiger partial charge in [-0.05, 0) is 109 Å². The summed E-state index contributed by atoms with van der Waals surface area (Å²) < 4.78 is 23.6. The largest absolute Gasteiger partial charge is 0.472 e. The van der Waals surface area contributed by atoms with Crippen molar-refractivity contribution in [3.05, 3.63) is 122 Å². The van der Waals surface area contributed by atoms with Crippen LogP contribution in [0, 0.1) is 0 Å². The first-order chi connectivity index (χ1) is 36.4. The second-order valence-corrected chi connectivity index (χ2v) is 22.6. The number of carbonyl (C=O) groups is 1. The van der Waals surface area contributed by atoms with Gasteiger partial charge >= 0.3 is 7.82 Å². The van der Waals surface area contributed by atoms with Crippen LogP contribution in [0.3, 0.4) is 0 Å². The number of nitrogens with one attached hydrogen (secondary N) is 1. The molecule has 0 aromatic heterocycles. The number of hydrogen-bond donors (Lipinski definition) is 4. The van der Waals surface area contributed by atoms with Gasteiger partial charge in [0.2, 0.25) is 5.91 Å². The van der Waals surface area contributed by atoms with Crippen molar-refractivity contribution >= 4 is 13.7 Å². The van der Waals surface area contributed by atoms with E-state index in [0.29, 0.717) is 30.3 Å². The molecule has 0 fully saturated rings. The lowest BCUT2D eigenvalue weighted by Crippen LogP contribution is -2.51. The molecular weight excluding hydrogens is 952 g/mol. The minimum absolute atomic E-state index is 0.0107. The first-order valence-electron chi connectivity index (χ1n) is 30.0. The van der Waals surface area contributed by atoms with Crippen molar-refractivity contribution in [3.8, 4) is 0 Å². The second kappa shape index (κ2) is 54.2. The van der Waals surface area contributed by atoms with Crippen LogP contribution in [-0.4, -0.2) is 84.6 Å². The molecule has 0 aromatic carbocycles. The predicted octanol–water partition coefficient (Wildman–Crippen LogP) is 17.5.